The van der Waals surface area contributed by atoms with Crippen LogP contribution in [-0.2, 0) is 9.53 Å². The summed E-state index contributed by atoms with van der Waals surface area (Å²) in [6, 6.07) is 4.09. The second-order valence-corrected chi connectivity index (χ2v) is 8.29. The van der Waals surface area contributed by atoms with E-state index in [1.54, 1.807) is 17.4 Å². The van der Waals surface area contributed by atoms with Crippen molar-refractivity contribution in [2.45, 2.75) is 52.4 Å². The molecule has 2 atom stereocenters. The van der Waals surface area contributed by atoms with Gasteiger partial charge in [0.15, 0.2) is 0 Å². The third-order valence-corrected chi connectivity index (χ3v) is 5.10. The molecule has 1 N–H and O–H groups in total. The maximum absolute atomic E-state index is 12.0. The molecule has 1 aromatic rings. The first-order valence-electron chi connectivity index (χ1n) is 8.19. The Morgan fingerprint density at radius 3 is 2.61 bits per heavy atom. The molecule has 128 valence electrons. The zero-order valence-corrected chi connectivity index (χ0v) is 15.6. The molecule has 1 amide bonds. The number of hydrogen-bond acceptors (Lipinski definition) is 4. The highest BCUT2D eigenvalue weighted by atomic mass is 32.1. The van der Waals surface area contributed by atoms with Gasteiger partial charge in [-0.3, -0.25) is 9.69 Å². The van der Waals surface area contributed by atoms with E-state index in [4.69, 9.17) is 4.74 Å². The second kappa shape index (κ2) is 7.60. The third-order valence-electron chi connectivity index (χ3n) is 4.13. The standard InChI is InChI=1S/C18H28N2O2S/c1-13-10-20(11-14(2)22-13)18(4,5)12-19-17(21)9-8-16-7-6-15(3)23-16/h6-9,13-14H,10-12H2,1-5H3,(H,19,21)/b9-8+. The fraction of sp³-hybridized carbons (Fsp3) is 0.611. The molecular weight excluding hydrogens is 308 g/mol. The Morgan fingerprint density at radius 1 is 1.39 bits per heavy atom. The lowest BCUT2D eigenvalue weighted by Gasteiger charge is -2.45. The van der Waals surface area contributed by atoms with Crippen LogP contribution in [0.1, 0.15) is 37.4 Å². The molecule has 1 aliphatic heterocycles. The molecule has 2 heterocycles. The minimum Gasteiger partial charge on any atom is -0.373 e. The lowest BCUT2D eigenvalue weighted by molar-refractivity contribution is -0.118. The summed E-state index contributed by atoms with van der Waals surface area (Å²) in [4.78, 5) is 16.8. The molecule has 0 aliphatic carbocycles. The molecular formula is C18H28N2O2S. The molecule has 0 saturated carbocycles. The van der Waals surface area contributed by atoms with Gasteiger partial charge in [-0.2, -0.15) is 0 Å². The van der Waals surface area contributed by atoms with Gasteiger partial charge in [-0.25, -0.2) is 0 Å². The highest BCUT2D eigenvalue weighted by molar-refractivity contribution is 7.12. The molecule has 1 aromatic heterocycles. The van der Waals surface area contributed by atoms with Gasteiger partial charge in [0.2, 0.25) is 5.91 Å². The van der Waals surface area contributed by atoms with Gasteiger partial charge in [0.05, 0.1) is 12.2 Å². The minimum atomic E-state index is -0.0880. The van der Waals surface area contributed by atoms with Crippen LogP contribution in [0.2, 0.25) is 0 Å². The topological polar surface area (TPSA) is 41.6 Å². The molecule has 4 nitrogen and oxygen atoms in total. The number of carbonyl (C=O) groups is 1. The van der Waals surface area contributed by atoms with Gasteiger partial charge in [0.25, 0.3) is 0 Å². The number of thiophene rings is 1. The summed E-state index contributed by atoms with van der Waals surface area (Å²) in [6.07, 6.45) is 3.96. The highest BCUT2D eigenvalue weighted by Crippen LogP contribution is 2.20. The number of nitrogens with one attached hydrogen (secondary N) is 1. The van der Waals surface area contributed by atoms with E-state index in [1.807, 2.05) is 12.1 Å². The van der Waals surface area contributed by atoms with Crippen molar-refractivity contribution < 1.29 is 9.53 Å². The summed E-state index contributed by atoms with van der Waals surface area (Å²) in [5.74, 6) is -0.0431. The van der Waals surface area contributed by atoms with Gasteiger partial charge in [0.1, 0.15) is 0 Å². The van der Waals surface area contributed by atoms with Crippen molar-refractivity contribution in [3.63, 3.8) is 0 Å². The molecule has 1 fully saturated rings. The number of aryl methyl sites for hydroxylation is 1. The average Bonchev–Trinajstić information content (AvgIpc) is 2.88. The van der Waals surface area contributed by atoms with Crippen LogP contribution in [0.5, 0.6) is 0 Å². The van der Waals surface area contributed by atoms with Crippen molar-refractivity contribution in [1.82, 2.24) is 10.2 Å². The normalized spacial score (nSPS) is 23.3. The SMILES string of the molecule is Cc1ccc(/C=C/C(=O)NCC(C)(C)N2CC(C)OC(C)C2)s1. The summed E-state index contributed by atoms with van der Waals surface area (Å²) >= 11 is 1.69. The van der Waals surface area contributed by atoms with Crippen LogP contribution in [0.15, 0.2) is 18.2 Å². The van der Waals surface area contributed by atoms with Gasteiger partial charge < -0.3 is 10.1 Å². The van der Waals surface area contributed by atoms with Crippen molar-refractivity contribution in [2.75, 3.05) is 19.6 Å². The Balaban J connectivity index is 1.85. The van der Waals surface area contributed by atoms with E-state index in [2.05, 4.69) is 50.9 Å². The van der Waals surface area contributed by atoms with Gasteiger partial charge >= 0.3 is 0 Å². The zero-order valence-electron chi connectivity index (χ0n) is 14.8. The Bertz CT molecular complexity index is 555. The van der Waals surface area contributed by atoms with E-state index >= 15 is 0 Å². The molecule has 2 rings (SSSR count). The molecule has 1 aliphatic rings. The van der Waals surface area contributed by atoms with Crippen LogP contribution in [0.25, 0.3) is 6.08 Å². The van der Waals surface area contributed by atoms with E-state index in [-0.39, 0.29) is 23.7 Å². The lowest BCUT2D eigenvalue weighted by Crippen LogP contribution is -2.58. The van der Waals surface area contributed by atoms with Crippen LogP contribution in [0, 0.1) is 6.92 Å². The predicted molar refractivity (Wildman–Crippen MR) is 96.8 cm³/mol. The summed E-state index contributed by atoms with van der Waals surface area (Å²) in [7, 11) is 0. The smallest absolute Gasteiger partial charge is 0.244 e. The van der Waals surface area contributed by atoms with Crippen LogP contribution < -0.4 is 5.32 Å². The van der Waals surface area contributed by atoms with Crippen LogP contribution in [0.3, 0.4) is 0 Å². The number of carbonyl (C=O) groups excluding carboxylic acids is 1. The minimum absolute atomic E-state index is 0.0431. The fourth-order valence-electron chi connectivity index (χ4n) is 2.85. The first-order chi connectivity index (χ1) is 10.8. The van der Waals surface area contributed by atoms with Crippen molar-refractivity contribution in [3.8, 4) is 0 Å². The molecule has 2 unspecified atom stereocenters. The number of nitrogens with zero attached hydrogens (tertiary/aromatic N) is 1. The average molecular weight is 337 g/mol. The van der Waals surface area contributed by atoms with Crippen molar-refractivity contribution in [1.29, 1.82) is 0 Å². The van der Waals surface area contributed by atoms with Gasteiger partial charge in [-0.05, 0) is 52.8 Å². The Labute approximate surface area is 143 Å². The summed E-state index contributed by atoms with van der Waals surface area (Å²) in [5, 5.41) is 3.02. The second-order valence-electron chi connectivity index (χ2n) is 6.97. The first-order valence-corrected chi connectivity index (χ1v) is 9.01. The van der Waals surface area contributed by atoms with Gasteiger partial charge in [0, 0.05) is 41.0 Å². The number of morpholine rings is 1. The Kier molecular flexibility index (Phi) is 6.00. The maximum Gasteiger partial charge on any atom is 0.244 e. The van der Waals surface area contributed by atoms with Crippen molar-refractivity contribution >= 4 is 23.3 Å². The molecule has 0 aromatic carbocycles. The monoisotopic (exact) mass is 336 g/mol. The molecule has 0 radical (unpaired) electrons. The van der Waals surface area contributed by atoms with E-state index in [9.17, 15) is 4.79 Å². The quantitative estimate of drug-likeness (QED) is 0.840. The van der Waals surface area contributed by atoms with Crippen molar-refractivity contribution in [2.24, 2.45) is 0 Å². The zero-order chi connectivity index (χ0) is 17.0. The molecule has 0 bridgehead atoms. The molecule has 1 saturated heterocycles. The van der Waals surface area contributed by atoms with Crippen LogP contribution in [-0.4, -0.2) is 48.2 Å². The fourth-order valence-corrected chi connectivity index (χ4v) is 3.63. The number of hydrogen-bond donors (Lipinski definition) is 1. The van der Waals surface area contributed by atoms with E-state index in [0.717, 1.165) is 18.0 Å². The van der Waals surface area contributed by atoms with E-state index in [1.165, 1.54) is 4.88 Å². The lowest BCUT2D eigenvalue weighted by atomic mass is 10.00. The largest absolute Gasteiger partial charge is 0.373 e. The number of ether oxygens (including phenoxy) is 1. The Morgan fingerprint density at radius 2 is 2.04 bits per heavy atom. The van der Waals surface area contributed by atoms with Crippen LogP contribution in [0.4, 0.5) is 0 Å². The third kappa shape index (κ3) is 5.44. The number of amides is 1. The molecule has 5 heteroatoms. The summed E-state index contributed by atoms with van der Waals surface area (Å²) < 4.78 is 5.79. The van der Waals surface area contributed by atoms with E-state index < -0.39 is 0 Å². The Hall–Kier alpha value is -1.17. The predicted octanol–water partition coefficient (Wildman–Crippen LogP) is 3.07. The molecule has 0 spiro atoms. The van der Waals surface area contributed by atoms with Gasteiger partial charge in [-0.1, -0.05) is 0 Å². The van der Waals surface area contributed by atoms with E-state index in [0.29, 0.717) is 6.54 Å². The summed E-state index contributed by atoms with van der Waals surface area (Å²) in [6.45, 7) is 13.0. The van der Waals surface area contributed by atoms with Crippen LogP contribution >= 0.6 is 11.3 Å². The maximum atomic E-state index is 12.0. The number of rotatable bonds is 5. The van der Waals surface area contributed by atoms with Gasteiger partial charge in [-0.15, -0.1) is 11.3 Å². The first kappa shape index (κ1) is 18.2. The van der Waals surface area contributed by atoms with Crippen molar-refractivity contribution in [3.05, 3.63) is 28.0 Å². The highest BCUT2D eigenvalue weighted by Gasteiger charge is 2.33. The summed E-state index contributed by atoms with van der Waals surface area (Å²) in [5.41, 5.74) is -0.0880. The molecule has 23 heavy (non-hydrogen) atoms.